The molecule has 0 aromatic carbocycles. The van der Waals surface area contributed by atoms with Crippen molar-refractivity contribution in [3.05, 3.63) is 23.0 Å². The minimum Gasteiger partial charge on any atom is -0.380 e. The van der Waals surface area contributed by atoms with E-state index in [1.807, 2.05) is 19.9 Å². The number of aromatic nitrogens is 1. The highest BCUT2D eigenvalue weighted by molar-refractivity contribution is 5.60. The van der Waals surface area contributed by atoms with Crippen LogP contribution >= 0.6 is 0 Å². The molecule has 2 N–H and O–H groups in total. The Bertz CT molecular complexity index is 441. The summed E-state index contributed by atoms with van der Waals surface area (Å²) in [7, 11) is 0. The lowest BCUT2D eigenvalue weighted by Crippen LogP contribution is -2.38. The molecule has 0 saturated carbocycles. The molecule has 1 aliphatic heterocycles. The number of nitrogens with zero attached hydrogens (tertiary/aromatic N) is 2. The summed E-state index contributed by atoms with van der Waals surface area (Å²) in [5.41, 5.74) is 3.35. The van der Waals surface area contributed by atoms with E-state index in [1.165, 1.54) is 6.42 Å². The molecule has 1 atom stereocenters. The quantitative estimate of drug-likeness (QED) is 0.812. The van der Waals surface area contributed by atoms with Crippen LogP contribution in [0.5, 0.6) is 0 Å². The van der Waals surface area contributed by atoms with Gasteiger partial charge in [-0.15, -0.1) is 0 Å². The van der Waals surface area contributed by atoms with Crippen molar-refractivity contribution in [1.29, 1.82) is 5.26 Å². The van der Waals surface area contributed by atoms with Crippen LogP contribution in [-0.4, -0.2) is 24.1 Å². The number of hydrogen-bond donors (Lipinski definition) is 2. The minimum absolute atomic E-state index is 0.414. The maximum Gasteiger partial charge on any atom is 0.103 e. The monoisotopic (exact) mass is 230 g/mol. The first-order chi connectivity index (χ1) is 8.20. The summed E-state index contributed by atoms with van der Waals surface area (Å²) in [5.74, 6) is 0. The third-order valence-corrected chi connectivity index (χ3v) is 3.10. The second kappa shape index (κ2) is 5.15. The molecule has 1 aromatic heterocycles. The van der Waals surface area contributed by atoms with Gasteiger partial charge in [0.1, 0.15) is 6.07 Å². The summed E-state index contributed by atoms with van der Waals surface area (Å²) in [6, 6.07) is 4.61. The Balaban J connectivity index is 2.22. The predicted octanol–water partition coefficient (Wildman–Crippen LogP) is 1.73. The second-order valence-electron chi connectivity index (χ2n) is 4.57. The Kier molecular flexibility index (Phi) is 3.60. The van der Waals surface area contributed by atoms with Crippen LogP contribution in [0.15, 0.2) is 6.07 Å². The summed E-state index contributed by atoms with van der Waals surface area (Å²) >= 11 is 0. The molecular formula is C13H18N4. The van der Waals surface area contributed by atoms with Crippen LogP contribution in [0.1, 0.15) is 29.8 Å². The number of aryl methyl sites for hydroxylation is 2. The van der Waals surface area contributed by atoms with Crippen molar-refractivity contribution in [2.75, 3.05) is 18.4 Å². The highest BCUT2D eigenvalue weighted by atomic mass is 15.0. The van der Waals surface area contributed by atoms with Crippen molar-refractivity contribution in [2.24, 2.45) is 0 Å². The molecule has 0 amide bonds. The molecule has 17 heavy (non-hydrogen) atoms. The molecule has 0 bridgehead atoms. The minimum atomic E-state index is 0.414. The van der Waals surface area contributed by atoms with Gasteiger partial charge in [0, 0.05) is 18.3 Å². The molecule has 2 rings (SSSR count). The summed E-state index contributed by atoms with van der Waals surface area (Å²) < 4.78 is 0. The van der Waals surface area contributed by atoms with E-state index in [0.717, 1.165) is 36.6 Å². The van der Waals surface area contributed by atoms with Gasteiger partial charge in [-0.25, -0.2) is 0 Å². The molecular weight excluding hydrogens is 212 g/mol. The van der Waals surface area contributed by atoms with Crippen LogP contribution in [-0.2, 0) is 0 Å². The number of anilines is 1. The van der Waals surface area contributed by atoms with Gasteiger partial charge in [0.2, 0.25) is 0 Å². The summed E-state index contributed by atoms with van der Waals surface area (Å²) in [6.45, 7) is 5.90. The number of piperidine rings is 1. The Morgan fingerprint density at radius 1 is 1.53 bits per heavy atom. The van der Waals surface area contributed by atoms with Crippen LogP contribution in [0, 0.1) is 25.2 Å². The molecule has 1 fully saturated rings. The molecule has 1 aliphatic rings. The predicted molar refractivity (Wildman–Crippen MR) is 67.9 cm³/mol. The van der Waals surface area contributed by atoms with E-state index >= 15 is 0 Å². The summed E-state index contributed by atoms with van der Waals surface area (Å²) in [5, 5.41) is 16.0. The van der Waals surface area contributed by atoms with Gasteiger partial charge in [0.25, 0.3) is 0 Å². The van der Waals surface area contributed by atoms with Gasteiger partial charge in [0.15, 0.2) is 0 Å². The van der Waals surface area contributed by atoms with E-state index in [0.29, 0.717) is 11.6 Å². The normalized spacial score (nSPS) is 19.7. The average molecular weight is 230 g/mol. The van der Waals surface area contributed by atoms with Crippen LogP contribution in [0.2, 0.25) is 0 Å². The molecule has 0 radical (unpaired) electrons. The molecule has 2 heterocycles. The van der Waals surface area contributed by atoms with Crippen molar-refractivity contribution >= 4 is 5.69 Å². The van der Waals surface area contributed by atoms with Gasteiger partial charge in [-0.05, 0) is 39.3 Å². The van der Waals surface area contributed by atoms with Crippen molar-refractivity contribution in [3.8, 4) is 6.07 Å². The molecule has 1 unspecified atom stereocenters. The number of hydrogen-bond acceptors (Lipinski definition) is 4. The lowest BCUT2D eigenvalue weighted by molar-refractivity contribution is 0.480. The zero-order chi connectivity index (χ0) is 12.3. The first-order valence-corrected chi connectivity index (χ1v) is 6.06. The lowest BCUT2D eigenvalue weighted by Gasteiger charge is -2.25. The molecule has 4 heteroatoms. The second-order valence-corrected chi connectivity index (χ2v) is 4.57. The Hall–Kier alpha value is -1.60. The zero-order valence-corrected chi connectivity index (χ0v) is 10.4. The van der Waals surface area contributed by atoms with Gasteiger partial charge in [0.05, 0.1) is 16.9 Å². The average Bonchev–Trinajstić information content (AvgIpc) is 2.30. The van der Waals surface area contributed by atoms with Crippen molar-refractivity contribution in [3.63, 3.8) is 0 Å². The number of rotatable bonds is 2. The van der Waals surface area contributed by atoms with Gasteiger partial charge in [-0.1, -0.05) is 0 Å². The van der Waals surface area contributed by atoms with E-state index in [9.17, 15) is 5.26 Å². The van der Waals surface area contributed by atoms with E-state index in [4.69, 9.17) is 0 Å². The van der Waals surface area contributed by atoms with Crippen molar-refractivity contribution in [2.45, 2.75) is 32.7 Å². The Morgan fingerprint density at radius 3 is 3.00 bits per heavy atom. The third-order valence-electron chi connectivity index (χ3n) is 3.10. The summed E-state index contributed by atoms with van der Waals surface area (Å²) in [4.78, 5) is 4.32. The maximum atomic E-state index is 9.17. The smallest absolute Gasteiger partial charge is 0.103 e. The number of pyridine rings is 1. The highest BCUT2D eigenvalue weighted by Gasteiger charge is 2.15. The Labute approximate surface area is 102 Å². The number of nitriles is 1. The summed E-state index contributed by atoms with van der Waals surface area (Å²) in [6.07, 6.45) is 2.33. The molecule has 0 spiro atoms. The van der Waals surface area contributed by atoms with Gasteiger partial charge in [-0.2, -0.15) is 5.26 Å². The standard InChI is InChI=1S/C13H18N4/c1-9-6-13(12(7-14)10(2)16-9)17-11-4-3-5-15-8-11/h6,11,15H,3-5,8H2,1-2H3,(H,16,17). The fourth-order valence-corrected chi connectivity index (χ4v) is 2.28. The van der Waals surface area contributed by atoms with Gasteiger partial charge in [-0.3, -0.25) is 4.98 Å². The molecule has 0 aliphatic carbocycles. The molecule has 4 nitrogen and oxygen atoms in total. The highest BCUT2D eigenvalue weighted by Crippen LogP contribution is 2.20. The van der Waals surface area contributed by atoms with Gasteiger partial charge < -0.3 is 10.6 Å². The van der Waals surface area contributed by atoms with Crippen LogP contribution in [0.25, 0.3) is 0 Å². The van der Waals surface area contributed by atoms with Crippen LogP contribution < -0.4 is 10.6 Å². The molecule has 1 aromatic rings. The van der Waals surface area contributed by atoms with Crippen LogP contribution in [0.3, 0.4) is 0 Å². The number of nitrogens with one attached hydrogen (secondary N) is 2. The molecule has 90 valence electrons. The largest absolute Gasteiger partial charge is 0.380 e. The molecule has 1 saturated heterocycles. The topological polar surface area (TPSA) is 60.7 Å². The van der Waals surface area contributed by atoms with E-state index in [2.05, 4.69) is 21.7 Å². The van der Waals surface area contributed by atoms with Crippen molar-refractivity contribution < 1.29 is 0 Å². The fourth-order valence-electron chi connectivity index (χ4n) is 2.28. The van der Waals surface area contributed by atoms with E-state index < -0.39 is 0 Å². The third kappa shape index (κ3) is 2.75. The SMILES string of the molecule is Cc1cc(NC2CCCNC2)c(C#N)c(C)n1. The Morgan fingerprint density at radius 2 is 2.35 bits per heavy atom. The first-order valence-electron chi connectivity index (χ1n) is 6.06. The van der Waals surface area contributed by atoms with Crippen molar-refractivity contribution in [1.82, 2.24) is 10.3 Å². The van der Waals surface area contributed by atoms with E-state index in [1.54, 1.807) is 0 Å². The van der Waals surface area contributed by atoms with E-state index in [-0.39, 0.29) is 0 Å². The fraction of sp³-hybridized carbons (Fsp3) is 0.538. The first kappa shape index (κ1) is 11.9. The lowest BCUT2D eigenvalue weighted by atomic mass is 10.1. The maximum absolute atomic E-state index is 9.17. The zero-order valence-electron chi connectivity index (χ0n) is 10.4. The van der Waals surface area contributed by atoms with Crippen LogP contribution in [0.4, 0.5) is 5.69 Å². The van der Waals surface area contributed by atoms with Gasteiger partial charge >= 0.3 is 0 Å².